The first kappa shape index (κ1) is 15.4. The van der Waals surface area contributed by atoms with Crippen LogP contribution in [0, 0.1) is 17.0 Å². The van der Waals surface area contributed by atoms with E-state index in [-0.39, 0.29) is 17.2 Å². The van der Waals surface area contributed by atoms with Gasteiger partial charge in [-0.1, -0.05) is 12.1 Å². The van der Waals surface area contributed by atoms with Gasteiger partial charge in [-0.2, -0.15) is 0 Å². The van der Waals surface area contributed by atoms with Crippen molar-refractivity contribution >= 4 is 11.6 Å². The summed E-state index contributed by atoms with van der Waals surface area (Å²) in [6.45, 7) is 4.31. The predicted octanol–water partition coefficient (Wildman–Crippen LogP) is 2.28. The van der Waals surface area contributed by atoms with E-state index in [1.807, 2.05) is 0 Å². The number of hydrogen-bond donors (Lipinski definition) is 1. The molecule has 21 heavy (non-hydrogen) atoms. The Bertz CT molecular complexity index is 569. The highest BCUT2D eigenvalue weighted by atomic mass is 16.6. The molecule has 1 N–H and O–H groups in total. The van der Waals surface area contributed by atoms with Crippen LogP contribution in [0.25, 0.3) is 0 Å². The highest BCUT2D eigenvalue weighted by Crippen LogP contribution is 2.27. The lowest BCUT2D eigenvalue weighted by Crippen LogP contribution is -2.34. The lowest BCUT2D eigenvalue weighted by Gasteiger charge is -2.22. The van der Waals surface area contributed by atoms with Crippen LogP contribution in [-0.2, 0) is 0 Å². The molecule has 0 aliphatic carbocycles. The highest BCUT2D eigenvalue weighted by Gasteiger charge is 2.30. The molecule has 0 bridgehead atoms. The number of benzene rings is 1. The van der Waals surface area contributed by atoms with Gasteiger partial charge >= 0.3 is 0 Å². The Kier molecular flexibility index (Phi) is 4.27. The van der Waals surface area contributed by atoms with E-state index in [0.717, 1.165) is 0 Å². The molecule has 114 valence electrons. The molecule has 0 aromatic heterocycles. The van der Waals surface area contributed by atoms with E-state index in [2.05, 4.69) is 0 Å². The zero-order valence-electron chi connectivity index (χ0n) is 12.3. The van der Waals surface area contributed by atoms with E-state index in [1.54, 1.807) is 30.9 Å². The summed E-state index contributed by atoms with van der Waals surface area (Å²) in [6.07, 6.45) is 1.81. The number of aryl methyl sites for hydroxylation is 1. The van der Waals surface area contributed by atoms with Crippen molar-refractivity contribution in [2.24, 2.45) is 0 Å². The van der Waals surface area contributed by atoms with Crippen molar-refractivity contribution in [3.63, 3.8) is 0 Å². The van der Waals surface area contributed by atoms with Crippen molar-refractivity contribution < 1.29 is 14.8 Å². The molecule has 1 aromatic rings. The largest absolute Gasteiger partial charge is 0.390 e. The molecule has 1 saturated heterocycles. The van der Waals surface area contributed by atoms with Crippen LogP contribution in [-0.4, -0.2) is 39.5 Å². The van der Waals surface area contributed by atoms with Crippen LogP contribution in [0.3, 0.4) is 0 Å². The molecule has 0 radical (unpaired) electrons. The molecular formula is C15H20N2O4. The van der Waals surface area contributed by atoms with Crippen LogP contribution >= 0.6 is 0 Å². The Morgan fingerprint density at radius 2 is 2.10 bits per heavy atom. The first-order valence-electron chi connectivity index (χ1n) is 7.07. The number of likely N-dealkylation sites (tertiary alicyclic amines) is 1. The van der Waals surface area contributed by atoms with Crippen molar-refractivity contribution in [1.82, 2.24) is 4.90 Å². The van der Waals surface area contributed by atoms with E-state index < -0.39 is 10.5 Å². The maximum Gasteiger partial charge on any atom is 0.285 e. The summed E-state index contributed by atoms with van der Waals surface area (Å²) in [4.78, 5) is 24.9. The van der Waals surface area contributed by atoms with E-state index in [0.29, 0.717) is 37.9 Å². The van der Waals surface area contributed by atoms with Crippen molar-refractivity contribution in [3.05, 3.63) is 39.4 Å². The number of nitro groups is 1. The molecule has 1 aliphatic rings. The predicted molar refractivity (Wildman–Crippen MR) is 78.2 cm³/mol. The van der Waals surface area contributed by atoms with Crippen LogP contribution in [0.2, 0.25) is 0 Å². The number of nitrogens with zero attached hydrogens (tertiary/aromatic N) is 2. The Balaban J connectivity index is 2.28. The van der Waals surface area contributed by atoms with E-state index in [4.69, 9.17) is 0 Å². The smallest absolute Gasteiger partial charge is 0.285 e. The number of hydrogen-bond acceptors (Lipinski definition) is 4. The molecule has 1 aromatic carbocycles. The van der Waals surface area contributed by atoms with Crippen molar-refractivity contribution in [2.75, 3.05) is 13.1 Å². The number of para-hydroxylation sites is 1. The number of carbonyl (C=O) groups is 1. The topological polar surface area (TPSA) is 83.7 Å². The molecule has 1 aliphatic heterocycles. The molecule has 0 spiro atoms. The second-order valence-corrected chi connectivity index (χ2v) is 5.87. The van der Waals surface area contributed by atoms with Gasteiger partial charge < -0.3 is 10.0 Å². The first-order valence-corrected chi connectivity index (χ1v) is 7.07. The van der Waals surface area contributed by atoms with Gasteiger partial charge in [0.1, 0.15) is 5.56 Å². The molecule has 0 saturated carbocycles. The number of rotatable bonds is 2. The van der Waals surface area contributed by atoms with E-state index >= 15 is 0 Å². The van der Waals surface area contributed by atoms with Crippen molar-refractivity contribution in [1.29, 1.82) is 0 Å². The molecule has 1 heterocycles. The average molecular weight is 292 g/mol. The van der Waals surface area contributed by atoms with Gasteiger partial charge in [0.25, 0.3) is 11.6 Å². The van der Waals surface area contributed by atoms with Gasteiger partial charge in [-0.05, 0) is 39.2 Å². The fourth-order valence-electron chi connectivity index (χ4n) is 2.71. The third kappa shape index (κ3) is 3.39. The van der Waals surface area contributed by atoms with Gasteiger partial charge in [-0.3, -0.25) is 14.9 Å². The molecule has 1 fully saturated rings. The van der Waals surface area contributed by atoms with Gasteiger partial charge in [0, 0.05) is 18.7 Å². The Hall–Kier alpha value is -1.95. The van der Waals surface area contributed by atoms with Crippen LogP contribution < -0.4 is 0 Å². The maximum absolute atomic E-state index is 12.6. The summed E-state index contributed by atoms with van der Waals surface area (Å²) in [7, 11) is 0. The fourth-order valence-corrected chi connectivity index (χ4v) is 2.71. The third-order valence-electron chi connectivity index (χ3n) is 4.00. The highest BCUT2D eigenvalue weighted by molar-refractivity contribution is 5.98. The molecule has 6 nitrogen and oxygen atoms in total. The number of amides is 1. The zero-order valence-corrected chi connectivity index (χ0v) is 12.3. The summed E-state index contributed by atoms with van der Waals surface area (Å²) in [5.74, 6) is -0.330. The fraction of sp³-hybridized carbons (Fsp3) is 0.533. The maximum atomic E-state index is 12.6. The lowest BCUT2D eigenvalue weighted by atomic mass is 9.98. The molecule has 2 rings (SSSR count). The van der Waals surface area contributed by atoms with E-state index in [9.17, 15) is 20.0 Å². The van der Waals surface area contributed by atoms with Crippen LogP contribution in [0.1, 0.15) is 42.1 Å². The van der Waals surface area contributed by atoms with Crippen molar-refractivity contribution in [3.8, 4) is 0 Å². The van der Waals surface area contributed by atoms with E-state index in [1.165, 1.54) is 6.07 Å². The molecule has 1 unspecified atom stereocenters. The van der Waals surface area contributed by atoms with Crippen LogP contribution in [0.5, 0.6) is 0 Å². The van der Waals surface area contributed by atoms with Crippen molar-refractivity contribution in [2.45, 2.75) is 38.7 Å². The standard InChI is InChI=1S/C15H20N2O4/c1-11-5-3-6-12(13(11)17(20)21)14(18)16-9-4-7-15(2,19)8-10-16/h3,5-6,19H,4,7-10H2,1-2H3. The summed E-state index contributed by atoms with van der Waals surface area (Å²) in [6, 6.07) is 4.78. The summed E-state index contributed by atoms with van der Waals surface area (Å²) in [5, 5.41) is 21.3. The minimum Gasteiger partial charge on any atom is -0.390 e. The lowest BCUT2D eigenvalue weighted by molar-refractivity contribution is -0.385. The minimum absolute atomic E-state index is 0.126. The van der Waals surface area contributed by atoms with Gasteiger partial charge in [-0.25, -0.2) is 0 Å². The number of aliphatic hydroxyl groups is 1. The van der Waals surface area contributed by atoms with Gasteiger partial charge in [-0.15, -0.1) is 0 Å². The van der Waals surface area contributed by atoms with Crippen LogP contribution in [0.15, 0.2) is 18.2 Å². The molecule has 1 atom stereocenters. The Labute approximate surface area is 123 Å². The number of nitro benzene ring substituents is 1. The quantitative estimate of drug-likeness (QED) is 0.669. The normalized spacial score (nSPS) is 22.7. The number of carbonyl (C=O) groups excluding carboxylic acids is 1. The average Bonchev–Trinajstić information content (AvgIpc) is 2.58. The zero-order chi connectivity index (χ0) is 15.6. The van der Waals surface area contributed by atoms with Gasteiger partial charge in [0.05, 0.1) is 10.5 Å². The first-order chi connectivity index (χ1) is 9.82. The van der Waals surface area contributed by atoms with Gasteiger partial charge in [0.2, 0.25) is 0 Å². The SMILES string of the molecule is Cc1cccc(C(=O)N2CCCC(C)(O)CC2)c1[N+](=O)[O-]. The monoisotopic (exact) mass is 292 g/mol. The second kappa shape index (κ2) is 5.81. The summed E-state index contributed by atoms with van der Waals surface area (Å²) < 4.78 is 0. The molecule has 6 heteroatoms. The summed E-state index contributed by atoms with van der Waals surface area (Å²) in [5.41, 5.74) is -0.291. The summed E-state index contributed by atoms with van der Waals surface area (Å²) >= 11 is 0. The third-order valence-corrected chi connectivity index (χ3v) is 4.00. The minimum atomic E-state index is -0.770. The Morgan fingerprint density at radius 1 is 1.38 bits per heavy atom. The second-order valence-electron chi connectivity index (χ2n) is 5.87. The van der Waals surface area contributed by atoms with Crippen LogP contribution in [0.4, 0.5) is 5.69 Å². The van der Waals surface area contributed by atoms with Gasteiger partial charge in [0.15, 0.2) is 0 Å². The Morgan fingerprint density at radius 3 is 2.76 bits per heavy atom. The molecular weight excluding hydrogens is 272 g/mol. The molecule has 1 amide bonds.